The molecule has 88 valence electrons. The molecule has 0 saturated carbocycles. The minimum atomic E-state index is -0.370. The SMILES string of the molecule is CN1C(=N)NC(=O)C1=Cc1ccc(O)c(O)c1. The number of aromatic hydroxyl groups is 2. The minimum Gasteiger partial charge on any atom is -0.504 e. The smallest absolute Gasteiger partial charge is 0.274 e. The van der Waals surface area contributed by atoms with E-state index in [1.165, 1.54) is 23.1 Å². The number of benzene rings is 1. The molecule has 1 aromatic carbocycles. The van der Waals surface area contributed by atoms with Gasteiger partial charge in [0.2, 0.25) is 5.96 Å². The van der Waals surface area contributed by atoms with Gasteiger partial charge in [-0.15, -0.1) is 0 Å². The fourth-order valence-electron chi connectivity index (χ4n) is 1.48. The molecule has 1 aliphatic heterocycles. The summed E-state index contributed by atoms with van der Waals surface area (Å²) in [6, 6.07) is 4.23. The number of amides is 1. The molecule has 1 saturated heterocycles. The number of nitrogens with zero attached hydrogens (tertiary/aromatic N) is 1. The Morgan fingerprint density at radius 3 is 2.59 bits per heavy atom. The Bertz CT molecular complexity index is 537. The molecule has 1 aliphatic rings. The van der Waals surface area contributed by atoms with E-state index in [1.54, 1.807) is 13.1 Å². The molecular formula is C11H11N3O3. The number of nitrogens with one attached hydrogen (secondary N) is 2. The second-order valence-electron chi connectivity index (χ2n) is 3.64. The summed E-state index contributed by atoms with van der Waals surface area (Å²) >= 11 is 0. The summed E-state index contributed by atoms with van der Waals surface area (Å²) in [5.41, 5.74) is 0.868. The number of carbonyl (C=O) groups excluding carboxylic acids is 1. The molecule has 0 atom stereocenters. The van der Waals surface area contributed by atoms with Crippen molar-refractivity contribution in [3.05, 3.63) is 29.5 Å². The third-order valence-electron chi connectivity index (χ3n) is 2.46. The highest BCUT2D eigenvalue weighted by Crippen LogP contribution is 2.26. The molecule has 1 fully saturated rings. The van der Waals surface area contributed by atoms with Crippen molar-refractivity contribution in [3.8, 4) is 11.5 Å². The topological polar surface area (TPSA) is 96.7 Å². The first-order chi connectivity index (χ1) is 7.99. The molecule has 0 aromatic heterocycles. The van der Waals surface area contributed by atoms with Gasteiger partial charge in [-0.05, 0) is 23.8 Å². The summed E-state index contributed by atoms with van der Waals surface area (Å²) in [6.07, 6.45) is 1.52. The third-order valence-corrected chi connectivity index (χ3v) is 2.46. The number of hydrogen-bond donors (Lipinski definition) is 4. The second-order valence-corrected chi connectivity index (χ2v) is 3.64. The number of guanidine groups is 1. The standard InChI is InChI=1S/C11H11N3O3/c1-14-7(10(17)13-11(14)12)4-6-2-3-8(15)9(16)5-6/h2-5,15-16H,1H3,(H2,12,13,17). The van der Waals surface area contributed by atoms with Crippen molar-refractivity contribution < 1.29 is 15.0 Å². The van der Waals surface area contributed by atoms with Gasteiger partial charge in [0.05, 0.1) is 0 Å². The predicted octanol–water partition coefficient (Wildman–Crippen LogP) is 0.435. The number of phenols is 2. The molecule has 1 aromatic rings. The van der Waals surface area contributed by atoms with Gasteiger partial charge in [0.15, 0.2) is 11.5 Å². The lowest BCUT2D eigenvalue weighted by Crippen LogP contribution is -2.25. The summed E-state index contributed by atoms with van der Waals surface area (Å²) in [7, 11) is 1.59. The summed E-state index contributed by atoms with van der Waals surface area (Å²) in [5.74, 6) is -0.839. The van der Waals surface area contributed by atoms with E-state index < -0.39 is 0 Å². The molecule has 0 unspecified atom stereocenters. The Hall–Kier alpha value is -2.50. The molecule has 2 rings (SSSR count). The zero-order valence-corrected chi connectivity index (χ0v) is 9.06. The second kappa shape index (κ2) is 3.82. The first-order valence-electron chi connectivity index (χ1n) is 4.86. The van der Waals surface area contributed by atoms with Crippen molar-refractivity contribution in [2.24, 2.45) is 0 Å². The summed E-state index contributed by atoms with van der Waals surface area (Å²) in [6.45, 7) is 0. The highest BCUT2D eigenvalue weighted by molar-refractivity contribution is 6.14. The Balaban J connectivity index is 2.39. The number of rotatable bonds is 1. The van der Waals surface area contributed by atoms with Crippen LogP contribution in [0.4, 0.5) is 0 Å². The Kier molecular flexibility index (Phi) is 2.47. The molecule has 0 aliphatic carbocycles. The summed E-state index contributed by atoms with van der Waals surface area (Å²) < 4.78 is 0. The molecule has 0 radical (unpaired) electrons. The van der Waals surface area contributed by atoms with E-state index in [9.17, 15) is 9.90 Å². The molecule has 1 amide bonds. The van der Waals surface area contributed by atoms with Gasteiger partial charge in [-0.25, -0.2) is 0 Å². The van der Waals surface area contributed by atoms with Crippen LogP contribution in [0.3, 0.4) is 0 Å². The molecule has 17 heavy (non-hydrogen) atoms. The van der Waals surface area contributed by atoms with Crippen LogP contribution >= 0.6 is 0 Å². The van der Waals surface area contributed by atoms with E-state index in [-0.39, 0.29) is 23.4 Å². The number of likely N-dealkylation sites (N-methyl/N-ethyl adjacent to an activating group) is 1. The fourth-order valence-corrected chi connectivity index (χ4v) is 1.48. The number of hydrogen-bond acceptors (Lipinski definition) is 4. The molecule has 4 N–H and O–H groups in total. The van der Waals surface area contributed by atoms with Crippen LogP contribution in [0, 0.1) is 5.41 Å². The van der Waals surface area contributed by atoms with Crippen molar-refractivity contribution in [1.82, 2.24) is 10.2 Å². The Labute approximate surface area is 97.3 Å². The predicted molar refractivity (Wildman–Crippen MR) is 61.4 cm³/mol. The van der Waals surface area contributed by atoms with E-state index in [0.29, 0.717) is 11.3 Å². The van der Waals surface area contributed by atoms with Crippen molar-refractivity contribution in [1.29, 1.82) is 5.41 Å². The van der Waals surface area contributed by atoms with Gasteiger partial charge in [-0.2, -0.15) is 0 Å². The van der Waals surface area contributed by atoms with Crippen molar-refractivity contribution in [2.45, 2.75) is 0 Å². The Morgan fingerprint density at radius 1 is 1.35 bits per heavy atom. The maximum atomic E-state index is 11.5. The summed E-state index contributed by atoms with van der Waals surface area (Å²) in [4.78, 5) is 12.9. The van der Waals surface area contributed by atoms with Crippen molar-refractivity contribution in [2.75, 3.05) is 7.05 Å². The third kappa shape index (κ3) is 1.92. The van der Waals surface area contributed by atoms with Gasteiger partial charge in [0.1, 0.15) is 5.70 Å². The lowest BCUT2D eigenvalue weighted by molar-refractivity contribution is -0.115. The first kappa shape index (κ1) is 11.0. The van der Waals surface area contributed by atoms with E-state index in [2.05, 4.69) is 5.32 Å². The van der Waals surface area contributed by atoms with Crippen LogP contribution < -0.4 is 5.32 Å². The van der Waals surface area contributed by atoms with Crippen LogP contribution in [0.15, 0.2) is 23.9 Å². The van der Waals surface area contributed by atoms with Crippen LogP contribution in [0.25, 0.3) is 6.08 Å². The van der Waals surface area contributed by atoms with Gasteiger partial charge in [-0.3, -0.25) is 15.5 Å². The molecule has 6 nitrogen and oxygen atoms in total. The molecule has 0 bridgehead atoms. The van der Waals surface area contributed by atoms with Gasteiger partial charge < -0.3 is 15.1 Å². The zero-order chi connectivity index (χ0) is 12.6. The van der Waals surface area contributed by atoms with Gasteiger partial charge in [0, 0.05) is 7.05 Å². The lowest BCUT2D eigenvalue weighted by Gasteiger charge is -2.09. The van der Waals surface area contributed by atoms with E-state index in [0.717, 1.165) is 0 Å². The fraction of sp³-hybridized carbons (Fsp3) is 0.0909. The van der Waals surface area contributed by atoms with Crippen LogP contribution in [-0.2, 0) is 4.79 Å². The highest BCUT2D eigenvalue weighted by atomic mass is 16.3. The van der Waals surface area contributed by atoms with Crippen LogP contribution in [0.1, 0.15) is 5.56 Å². The number of carbonyl (C=O) groups is 1. The molecule has 6 heteroatoms. The maximum Gasteiger partial charge on any atom is 0.274 e. The van der Waals surface area contributed by atoms with E-state index in [4.69, 9.17) is 10.5 Å². The highest BCUT2D eigenvalue weighted by Gasteiger charge is 2.26. The molecule has 1 heterocycles. The van der Waals surface area contributed by atoms with E-state index >= 15 is 0 Å². The average molecular weight is 233 g/mol. The van der Waals surface area contributed by atoms with Gasteiger partial charge in [0.25, 0.3) is 5.91 Å². The largest absolute Gasteiger partial charge is 0.504 e. The zero-order valence-electron chi connectivity index (χ0n) is 9.06. The first-order valence-corrected chi connectivity index (χ1v) is 4.86. The normalized spacial score (nSPS) is 17.7. The van der Waals surface area contributed by atoms with Crippen molar-refractivity contribution >= 4 is 17.9 Å². The maximum absolute atomic E-state index is 11.5. The van der Waals surface area contributed by atoms with Crippen molar-refractivity contribution in [3.63, 3.8) is 0 Å². The van der Waals surface area contributed by atoms with Crippen LogP contribution in [0.5, 0.6) is 11.5 Å². The lowest BCUT2D eigenvalue weighted by atomic mass is 10.1. The summed E-state index contributed by atoms with van der Waals surface area (Å²) in [5, 5.41) is 28.3. The number of phenolic OH excluding ortho intramolecular Hbond substituents is 2. The van der Waals surface area contributed by atoms with Gasteiger partial charge >= 0.3 is 0 Å². The quantitative estimate of drug-likeness (QED) is 0.418. The van der Waals surface area contributed by atoms with Crippen LogP contribution in [-0.4, -0.2) is 34.0 Å². The Morgan fingerprint density at radius 2 is 2.06 bits per heavy atom. The molecular weight excluding hydrogens is 222 g/mol. The van der Waals surface area contributed by atoms with Crippen LogP contribution in [0.2, 0.25) is 0 Å². The monoisotopic (exact) mass is 233 g/mol. The van der Waals surface area contributed by atoms with Gasteiger partial charge in [-0.1, -0.05) is 6.07 Å². The minimum absolute atomic E-state index is 0.00394. The average Bonchev–Trinajstić information content (AvgIpc) is 2.50. The van der Waals surface area contributed by atoms with E-state index in [1.807, 2.05) is 0 Å². The molecule has 0 spiro atoms.